The van der Waals surface area contributed by atoms with Crippen LogP contribution in [0.15, 0.2) is 77.7 Å². The first kappa shape index (κ1) is 19.3. The maximum absolute atomic E-state index is 10.5. The van der Waals surface area contributed by atoms with E-state index in [1.54, 1.807) is 12.1 Å². The van der Waals surface area contributed by atoms with Gasteiger partial charge in [-0.05, 0) is 47.7 Å². The van der Waals surface area contributed by atoms with E-state index in [0.717, 1.165) is 12.0 Å². The molecule has 0 saturated carbocycles. The van der Waals surface area contributed by atoms with Crippen molar-refractivity contribution in [2.75, 3.05) is 6.61 Å². The van der Waals surface area contributed by atoms with Gasteiger partial charge >= 0.3 is 0 Å². The van der Waals surface area contributed by atoms with E-state index in [4.69, 9.17) is 4.55 Å². The molecule has 0 aliphatic heterocycles. The molecule has 4 rings (SSSR count). The van der Waals surface area contributed by atoms with Gasteiger partial charge in [0, 0.05) is 12.5 Å². The number of hydrogen-bond acceptors (Lipinski definition) is 3. The number of aliphatic hydroxyl groups is 1. The van der Waals surface area contributed by atoms with Crippen LogP contribution in [-0.2, 0) is 10.1 Å². The molecule has 5 heteroatoms. The largest absolute Gasteiger partial charge is 0.396 e. The molecular formula is C22H22O4S. The van der Waals surface area contributed by atoms with Crippen LogP contribution in [0.2, 0.25) is 0 Å². The van der Waals surface area contributed by atoms with Crippen molar-refractivity contribution in [2.24, 2.45) is 0 Å². The Kier molecular flexibility index (Phi) is 5.75. The zero-order valence-electron chi connectivity index (χ0n) is 15.0. The Balaban J connectivity index is 0.000000168. The lowest BCUT2D eigenvalue weighted by Crippen LogP contribution is -1.99. The van der Waals surface area contributed by atoms with Crippen molar-refractivity contribution < 1.29 is 18.1 Å². The quantitative estimate of drug-likeness (QED) is 0.658. The van der Waals surface area contributed by atoms with Gasteiger partial charge in [0.05, 0.1) is 4.90 Å². The van der Waals surface area contributed by atoms with E-state index in [2.05, 4.69) is 48.5 Å². The molecule has 27 heavy (non-hydrogen) atoms. The monoisotopic (exact) mass is 382 g/mol. The molecule has 0 bridgehead atoms. The Hall–Kier alpha value is -2.47. The Morgan fingerprint density at radius 2 is 1.30 bits per heavy atom. The zero-order chi connectivity index (χ0) is 19.4. The summed E-state index contributed by atoms with van der Waals surface area (Å²) < 4.78 is 29.6. The third-order valence-electron chi connectivity index (χ3n) is 4.70. The molecule has 0 unspecified atom stereocenters. The van der Waals surface area contributed by atoms with E-state index in [1.807, 2.05) is 6.92 Å². The first-order valence-electron chi connectivity index (χ1n) is 8.75. The third-order valence-corrected chi connectivity index (χ3v) is 5.57. The molecule has 0 atom stereocenters. The van der Waals surface area contributed by atoms with Crippen molar-refractivity contribution in [3.8, 4) is 11.1 Å². The van der Waals surface area contributed by atoms with Crippen molar-refractivity contribution in [3.05, 3.63) is 89.5 Å². The highest BCUT2D eigenvalue weighted by atomic mass is 32.2. The molecule has 0 radical (unpaired) electrons. The highest BCUT2D eigenvalue weighted by Gasteiger charge is 2.26. The number of rotatable bonds is 3. The third kappa shape index (κ3) is 4.27. The fraction of sp³-hybridized carbons (Fsp3) is 0.182. The summed E-state index contributed by atoms with van der Waals surface area (Å²) in [5.74, 6) is 0.373. The Morgan fingerprint density at radius 3 is 1.74 bits per heavy atom. The van der Waals surface area contributed by atoms with Crippen LogP contribution < -0.4 is 0 Å². The second-order valence-electron chi connectivity index (χ2n) is 6.53. The van der Waals surface area contributed by atoms with Crippen molar-refractivity contribution in [1.29, 1.82) is 0 Å². The molecule has 0 spiro atoms. The summed E-state index contributed by atoms with van der Waals surface area (Å²) in [6.07, 6.45) is 0.814. The minimum absolute atomic E-state index is 0.0666. The SMILES string of the molecule is Cc1ccc(S(=O)(=O)O)cc1.OCCC1c2ccccc2-c2ccccc21. The van der Waals surface area contributed by atoms with Gasteiger partial charge in [-0.25, -0.2) is 0 Å². The topological polar surface area (TPSA) is 74.6 Å². The Morgan fingerprint density at radius 1 is 0.815 bits per heavy atom. The van der Waals surface area contributed by atoms with E-state index in [9.17, 15) is 13.5 Å². The maximum atomic E-state index is 10.5. The van der Waals surface area contributed by atoms with Gasteiger partial charge in [-0.2, -0.15) is 8.42 Å². The minimum atomic E-state index is -4.02. The Bertz CT molecular complexity index is 979. The van der Waals surface area contributed by atoms with Crippen molar-refractivity contribution >= 4 is 10.1 Å². The maximum Gasteiger partial charge on any atom is 0.294 e. The fourth-order valence-electron chi connectivity index (χ4n) is 3.41. The van der Waals surface area contributed by atoms with E-state index >= 15 is 0 Å². The summed E-state index contributed by atoms with van der Waals surface area (Å²) in [4.78, 5) is -0.0666. The van der Waals surface area contributed by atoms with Crippen molar-refractivity contribution in [3.63, 3.8) is 0 Å². The molecule has 4 nitrogen and oxygen atoms in total. The lowest BCUT2D eigenvalue weighted by molar-refractivity contribution is 0.282. The summed E-state index contributed by atoms with van der Waals surface area (Å²) in [7, 11) is -4.02. The predicted octanol–water partition coefficient (Wildman–Crippen LogP) is 4.42. The van der Waals surface area contributed by atoms with Gasteiger partial charge in [-0.15, -0.1) is 0 Å². The molecule has 0 amide bonds. The first-order valence-corrected chi connectivity index (χ1v) is 10.2. The predicted molar refractivity (Wildman–Crippen MR) is 106 cm³/mol. The normalized spacial score (nSPS) is 12.7. The van der Waals surface area contributed by atoms with Crippen LogP contribution in [0, 0.1) is 6.92 Å². The number of aryl methyl sites for hydroxylation is 1. The lowest BCUT2D eigenvalue weighted by Gasteiger charge is -2.11. The van der Waals surface area contributed by atoms with E-state index < -0.39 is 10.1 Å². The lowest BCUT2D eigenvalue weighted by atomic mass is 9.94. The molecule has 0 saturated heterocycles. The highest BCUT2D eigenvalue weighted by molar-refractivity contribution is 7.85. The van der Waals surface area contributed by atoms with Crippen molar-refractivity contribution in [1.82, 2.24) is 0 Å². The second-order valence-corrected chi connectivity index (χ2v) is 7.95. The summed E-state index contributed by atoms with van der Waals surface area (Å²) in [5, 5.41) is 9.18. The molecule has 140 valence electrons. The van der Waals surface area contributed by atoms with Crippen LogP contribution in [0.3, 0.4) is 0 Å². The zero-order valence-corrected chi connectivity index (χ0v) is 15.9. The number of aliphatic hydroxyl groups excluding tert-OH is 1. The van der Waals surface area contributed by atoms with Gasteiger partial charge in [0.2, 0.25) is 0 Å². The van der Waals surface area contributed by atoms with E-state index in [1.165, 1.54) is 34.4 Å². The van der Waals surface area contributed by atoms with Gasteiger partial charge in [0.15, 0.2) is 0 Å². The van der Waals surface area contributed by atoms with Gasteiger partial charge in [-0.1, -0.05) is 66.2 Å². The van der Waals surface area contributed by atoms with Crippen LogP contribution in [0.4, 0.5) is 0 Å². The molecule has 1 aliphatic carbocycles. The van der Waals surface area contributed by atoms with Gasteiger partial charge in [0.25, 0.3) is 10.1 Å². The summed E-state index contributed by atoms with van der Waals surface area (Å²) in [6, 6.07) is 23.0. The summed E-state index contributed by atoms with van der Waals surface area (Å²) in [5.41, 5.74) is 6.33. The van der Waals surface area contributed by atoms with Crippen LogP contribution in [0.5, 0.6) is 0 Å². The molecule has 1 aliphatic rings. The Labute approximate surface area is 159 Å². The average Bonchev–Trinajstić information content (AvgIpc) is 2.97. The van der Waals surface area contributed by atoms with Crippen LogP contribution >= 0.6 is 0 Å². The molecule has 0 heterocycles. The number of fused-ring (bicyclic) bond motifs is 3. The van der Waals surface area contributed by atoms with Gasteiger partial charge in [-0.3, -0.25) is 4.55 Å². The van der Waals surface area contributed by atoms with Crippen molar-refractivity contribution in [2.45, 2.75) is 24.2 Å². The highest BCUT2D eigenvalue weighted by Crippen LogP contribution is 2.45. The van der Waals surface area contributed by atoms with Crippen LogP contribution in [0.1, 0.15) is 29.0 Å². The van der Waals surface area contributed by atoms with E-state index in [0.29, 0.717) is 5.92 Å². The molecule has 3 aromatic carbocycles. The fourth-order valence-corrected chi connectivity index (χ4v) is 3.89. The van der Waals surface area contributed by atoms with Crippen LogP contribution in [-0.4, -0.2) is 24.7 Å². The summed E-state index contributed by atoms with van der Waals surface area (Å²) >= 11 is 0. The molecule has 3 aromatic rings. The molecule has 0 fully saturated rings. The second kappa shape index (κ2) is 8.05. The van der Waals surface area contributed by atoms with E-state index in [-0.39, 0.29) is 11.5 Å². The minimum Gasteiger partial charge on any atom is -0.396 e. The van der Waals surface area contributed by atoms with Gasteiger partial charge < -0.3 is 5.11 Å². The first-order chi connectivity index (χ1) is 12.9. The van der Waals surface area contributed by atoms with Crippen LogP contribution in [0.25, 0.3) is 11.1 Å². The number of hydrogen-bond donors (Lipinski definition) is 2. The summed E-state index contributed by atoms with van der Waals surface area (Å²) in [6.45, 7) is 2.08. The molecule has 2 N–H and O–H groups in total. The number of benzene rings is 3. The average molecular weight is 382 g/mol. The van der Waals surface area contributed by atoms with Gasteiger partial charge in [0.1, 0.15) is 0 Å². The molecule has 0 aromatic heterocycles. The standard InChI is InChI=1S/C15H14O.C7H8O3S/c16-10-9-15-13-7-3-1-5-11(13)12-6-2-4-8-14(12)15;1-6-2-4-7(5-3-6)11(8,9)10/h1-8,15-16H,9-10H2;2-5H,1H3,(H,8,9,10). The molecular weight excluding hydrogens is 360 g/mol. The smallest absolute Gasteiger partial charge is 0.294 e.